The minimum Gasteiger partial charge on any atom is -0.662 e. The third-order valence-electron chi connectivity index (χ3n) is 6.67. The van der Waals surface area contributed by atoms with Crippen molar-refractivity contribution in [3.63, 3.8) is 0 Å². The first-order valence-electron chi connectivity index (χ1n) is 12.2. The van der Waals surface area contributed by atoms with Gasteiger partial charge in [0.05, 0.1) is 0 Å². The molecular formula is C26H43MnN5OS-6. The molecule has 6 nitrogen and oxygen atoms in total. The van der Waals surface area contributed by atoms with E-state index in [1.54, 1.807) is 11.8 Å². The number of aromatic nitrogens is 1. The summed E-state index contributed by atoms with van der Waals surface area (Å²) < 4.78 is 0. The molecule has 0 amide bonds. The van der Waals surface area contributed by atoms with Gasteiger partial charge in [-0.3, -0.25) is 4.98 Å². The summed E-state index contributed by atoms with van der Waals surface area (Å²) in [5, 5.41) is 29.3. The number of aliphatic hydroxyl groups is 1. The first kappa shape index (κ1) is 31.8. The Bertz CT molecular complexity index is 634. The first-order chi connectivity index (χ1) is 15.3. The van der Waals surface area contributed by atoms with Crippen molar-refractivity contribution in [1.82, 2.24) is 4.98 Å². The molecule has 2 saturated carbocycles. The summed E-state index contributed by atoms with van der Waals surface area (Å²) in [5.74, 6) is 0.917. The molecule has 3 aliphatic rings. The van der Waals surface area contributed by atoms with E-state index in [1.807, 2.05) is 0 Å². The van der Waals surface area contributed by atoms with Gasteiger partial charge < -0.3 is 41.2 Å². The van der Waals surface area contributed by atoms with E-state index in [0.29, 0.717) is 37.3 Å². The van der Waals surface area contributed by atoms with Crippen molar-refractivity contribution < 1.29 is 22.2 Å². The van der Waals surface area contributed by atoms with Crippen LogP contribution in [0.1, 0.15) is 69.2 Å². The topological polar surface area (TPSA) is 89.5 Å². The number of pyridine rings is 1. The van der Waals surface area contributed by atoms with Gasteiger partial charge in [-0.1, -0.05) is 51.4 Å². The van der Waals surface area contributed by atoms with Gasteiger partial charge in [0.1, 0.15) is 0 Å². The van der Waals surface area contributed by atoms with Crippen LogP contribution in [0, 0.1) is 14.9 Å². The Balaban J connectivity index is 0.00000193. The summed E-state index contributed by atoms with van der Waals surface area (Å²) in [7, 11) is 0. The van der Waals surface area contributed by atoms with Crippen molar-refractivity contribution in [1.29, 1.82) is 0 Å². The van der Waals surface area contributed by atoms with Gasteiger partial charge in [0.25, 0.3) is 0 Å². The van der Waals surface area contributed by atoms with Gasteiger partial charge in [-0.25, -0.2) is 0 Å². The SMILES string of the molecule is OCCCSc1cc2nc(c1)C[N-][C@@H]1CCCC[C@H]1[N-]CC[N-]C1CCCCC1[N-]C2.[CH3-].[CH3-].[Mn]. The van der Waals surface area contributed by atoms with Gasteiger partial charge >= 0.3 is 0 Å². The van der Waals surface area contributed by atoms with E-state index in [2.05, 4.69) is 12.1 Å². The molecular weight excluding hydrogens is 485 g/mol. The molecule has 2 fully saturated rings. The average molecular weight is 529 g/mol. The minimum absolute atomic E-state index is 0. The molecule has 34 heavy (non-hydrogen) atoms. The van der Waals surface area contributed by atoms with E-state index in [9.17, 15) is 0 Å². The van der Waals surface area contributed by atoms with Gasteiger partial charge in [-0.05, 0) is 18.6 Å². The van der Waals surface area contributed by atoms with Crippen molar-refractivity contribution in [2.45, 2.75) is 99.9 Å². The summed E-state index contributed by atoms with van der Waals surface area (Å²) >= 11 is 1.80. The largest absolute Gasteiger partial charge is 0.662 e. The Labute approximate surface area is 223 Å². The fraction of sp³-hybridized carbons (Fsp3) is 0.731. The molecule has 0 saturated heterocycles. The van der Waals surface area contributed by atoms with Gasteiger partial charge in [-0.2, -0.15) is 37.3 Å². The molecule has 2 heterocycles. The van der Waals surface area contributed by atoms with Crippen LogP contribution >= 0.6 is 11.8 Å². The van der Waals surface area contributed by atoms with Crippen molar-refractivity contribution in [2.24, 2.45) is 0 Å². The molecule has 1 N–H and O–H groups in total. The molecule has 197 valence electrons. The van der Waals surface area contributed by atoms with Gasteiger partial charge in [0, 0.05) is 45.7 Å². The van der Waals surface area contributed by atoms with Crippen LogP contribution in [0.15, 0.2) is 17.0 Å². The predicted molar refractivity (Wildman–Crippen MR) is 142 cm³/mol. The Kier molecular flexibility index (Phi) is 16.2. The summed E-state index contributed by atoms with van der Waals surface area (Å²) in [6.45, 7) is 3.22. The minimum atomic E-state index is 0. The van der Waals surface area contributed by atoms with E-state index in [4.69, 9.17) is 31.4 Å². The third kappa shape index (κ3) is 9.70. The molecule has 1 radical (unpaired) electrons. The number of nitrogens with zero attached hydrogens (tertiary/aromatic N) is 5. The van der Waals surface area contributed by atoms with Crippen molar-refractivity contribution in [3.8, 4) is 0 Å². The Morgan fingerprint density at radius 3 is 1.65 bits per heavy atom. The maximum absolute atomic E-state index is 9.14. The summed E-state index contributed by atoms with van der Waals surface area (Å²) in [6, 6.07) is 5.70. The van der Waals surface area contributed by atoms with Crippen LogP contribution in [0.2, 0.25) is 0 Å². The molecule has 0 spiro atoms. The molecule has 4 atom stereocenters. The fourth-order valence-electron chi connectivity index (χ4n) is 5.02. The van der Waals surface area contributed by atoms with Crippen LogP contribution in [0.3, 0.4) is 0 Å². The van der Waals surface area contributed by atoms with Crippen LogP contribution < -0.4 is 0 Å². The van der Waals surface area contributed by atoms with Crippen LogP contribution in [0.25, 0.3) is 21.3 Å². The van der Waals surface area contributed by atoms with E-state index in [1.165, 1.54) is 30.6 Å². The molecule has 1 aromatic rings. The molecule has 2 unspecified atom stereocenters. The van der Waals surface area contributed by atoms with Gasteiger partial charge in [0.2, 0.25) is 0 Å². The fourth-order valence-corrected chi connectivity index (χ4v) is 5.97. The molecule has 2 bridgehead atoms. The van der Waals surface area contributed by atoms with Crippen LogP contribution in [-0.4, -0.2) is 59.7 Å². The number of aliphatic hydroxyl groups excluding tert-OH is 1. The quantitative estimate of drug-likeness (QED) is 0.207. The zero-order valence-electron chi connectivity index (χ0n) is 21.0. The second-order valence-electron chi connectivity index (χ2n) is 9.04. The predicted octanol–water partition coefficient (Wildman–Crippen LogP) is 6.58. The maximum atomic E-state index is 9.14. The zero-order valence-corrected chi connectivity index (χ0v) is 23.0. The molecule has 2 aliphatic carbocycles. The first-order valence-corrected chi connectivity index (χ1v) is 13.2. The van der Waals surface area contributed by atoms with Crippen molar-refractivity contribution in [3.05, 3.63) is 59.6 Å². The monoisotopic (exact) mass is 528 g/mol. The van der Waals surface area contributed by atoms with E-state index < -0.39 is 0 Å². The molecule has 1 aliphatic heterocycles. The number of hydrogen-bond acceptors (Lipinski definition) is 3. The molecule has 1 aromatic heterocycles. The Morgan fingerprint density at radius 1 is 0.765 bits per heavy atom. The number of hydrogen-bond donors (Lipinski definition) is 1. The van der Waals surface area contributed by atoms with Crippen LogP contribution in [-0.2, 0) is 30.2 Å². The van der Waals surface area contributed by atoms with Crippen molar-refractivity contribution in [2.75, 3.05) is 25.4 Å². The van der Waals surface area contributed by atoms with E-state index in [-0.39, 0.29) is 38.5 Å². The zero-order chi connectivity index (χ0) is 21.3. The Morgan fingerprint density at radius 2 is 1.21 bits per heavy atom. The summed E-state index contributed by atoms with van der Waals surface area (Å²) in [5.41, 5.74) is 2.09. The molecule has 4 rings (SSSR count). The normalized spacial score (nSPS) is 27.8. The summed E-state index contributed by atoms with van der Waals surface area (Å²) in [6.07, 6.45) is 10.4. The second-order valence-corrected chi connectivity index (χ2v) is 10.2. The third-order valence-corrected chi connectivity index (χ3v) is 7.73. The van der Waals surface area contributed by atoms with Crippen LogP contribution in [0.4, 0.5) is 0 Å². The number of thioether (sulfide) groups is 1. The molecule has 0 aromatic carbocycles. The smallest absolute Gasteiger partial charge is 0.0439 e. The number of rotatable bonds is 4. The van der Waals surface area contributed by atoms with Crippen molar-refractivity contribution >= 4 is 11.8 Å². The van der Waals surface area contributed by atoms with E-state index >= 15 is 0 Å². The van der Waals surface area contributed by atoms with Gasteiger partial charge in [-0.15, -0.1) is 24.9 Å². The van der Waals surface area contributed by atoms with E-state index in [0.717, 1.165) is 62.3 Å². The Hall–Kier alpha value is -0.181. The van der Waals surface area contributed by atoms with Crippen LogP contribution in [0.5, 0.6) is 0 Å². The summed E-state index contributed by atoms with van der Waals surface area (Å²) in [4.78, 5) is 6.16. The second kappa shape index (κ2) is 17.3. The average Bonchev–Trinajstić information content (AvgIpc) is 2.80. The molecule has 8 heteroatoms. The number of fused-ring (bicyclic) bond motifs is 4. The maximum Gasteiger partial charge on any atom is 0.0439 e. The standard InChI is InChI=1S/C24H37N5OS.2CH3.Mn/c30-12-5-13-31-20-14-18-16-27-23-8-3-1-6-21(23)25-10-11-26-22-7-2-4-9-24(22)28-17-19(15-20)29-18;;;/h14-15,21-24,30H,1-13,16-17H2;2*1H3;/q-4;2*-1;/t21-,22?,23-,24?;;;/m1.../s1. The van der Waals surface area contributed by atoms with Gasteiger partial charge in [0.15, 0.2) is 0 Å².